The number of rotatable bonds is 3. The van der Waals surface area contributed by atoms with Gasteiger partial charge in [0.2, 0.25) is 0 Å². The summed E-state index contributed by atoms with van der Waals surface area (Å²) in [5, 5.41) is 0.611. The van der Waals surface area contributed by atoms with Crippen LogP contribution in [0.2, 0.25) is 0 Å². The van der Waals surface area contributed by atoms with Crippen LogP contribution >= 0.6 is 11.8 Å². The van der Waals surface area contributed by atoms with Crippen LogP contribution in [0.25, 0.3) is 11.0 Å². The molecule has 118 valence electrons. The number of H-pyrrole nitrogens is 1. The van der Waals surface area contributed by atoms with E-state index in [9.17, 15) is 8.78 Å². The molecular formula is C16H12F2N2O2S. The molecule has 4 rings (SSSR count). The first-order valence-electron chi connectivity index (χ1n) is 7.05. The van der Waals surface area contributed by atoms with Crippen LogP contribution < -0.4 is 9.47 Å². The van der Waals surface area contributed by atoms with E-state index in [1.807, 2.05) is 18.2 Å². The normalized spacial score (nSPS) is 13.5. The predicted molar refractivity (Wildman–Crippen MR) is 83.0 cm³/mol. The summed E-state index contributed by atoms with van der Waals surface area (Å²) in [6.45, 7) is 1.11. The van der Waals surface area contributed by atoms with Crippen LogP contribution in [0.4, 0.5) is 8.78 Å². The van der Waals surface area contributed by atoms with Crippen LogP contribution in [-0.4, -0.2) is 23.2 Å². The third-order valence-corrected chi connectivity index (χ3v) is 4.43. The summed E-state index contributed by atoms with van der Waals surface area (Å²) in [5.74, 6) is 0.362. The molecule has 0 unspecified atom stereocenters. The van der Waals surface area contributed by atoms with Crippen molar-refractivity contribution in [2.45, 2.75) is 10.9 Å². The number of halogens is 2. The van der Waals surface area contributed by atoms with Gasteiger partial charge in [0.1, 0.15) is 13.2 Å². The lowest BCUT2D eigenvalue weighted by Gasteiger charge is -2.18. The number of ether oxygens (including phenoxy) is 2. The molecule has 0 spiro atoms. The lowest BCUT2D eigenvalue weighted by molar-refractivity contribution is 0.171. The van der Waals surface area contributed by atoms with Gasteiger partial charge in [-0.15, -0.1) is 0 Å². The molecule has 23 heavy (non-hydrogen) atoms. The largest absolute Gasteiger partial charge is 0.486 e. The fourth-order valence-electron chi connectivity index (χ4n) is 2.38. The summed E-state index contributed by atoms with van der Waals surface area (Å²) in [6, 6.07) is 7.99. The molecule has 4 nitrogen and oxygen atoms in total. The molecular weight excluding hydrogens is 322 g/mol. The SMILES string of the molecule is Fc1cc2nc(SCc3ccc4c(c3)OCCO4)[nH]c2cc1F. The molecule has 0 bridgehead atoms. The fourth-order valence-corrected chi connectivity index (χ4v) is 3.21. The topological polar surface area (TPSA) is 47.1 Å². The first-order chi connectivity index (χ1) is 11.2. The minimum Gasteiger partial charge on any atom is -0.486 e. The summed E-state index contributed by atoms with van der Waals surface area (Å²) < 4.78 is 37.5. The van der Waals surface area contributed by atoms with Crippen LogP contribution in [0.15, 0.2) is 35.5 Å². The van der Waals surface area contributed by atoms with Crippen molar-refractivity contribution in [1.29, 1.82) is 0 Å². The highest BCUT2D eigenvalue weighted by Crippen LogP contribution is 2.33. The predicted octanol–water partition coefficient (Wildman–Crippen LogP) is 3.90. The Morgan fingerprint density at radius 3 is 2.70 bits per heavy atom. The summed E-state index contributed by atoms with van der Waals surface area (Å²) >= 11 is 1.45. The standard InChI is InChI=1S/C16H12F2N2O2S/c17-10-6-12-13(7-11(10)18)20-16(19-12)23-8-9-1-2-14-15(5-9)22-4-3-21-14/h1-2,5-7H,3-4,8H2,(H,19,20). The maximum atomic E-state index is 13.2. The Kier molecular flexibility index (Phi) is 3.57. The number of fused-ring (bicyclic) bond motifs is 2. The number of thioether (sulfide) groups is 1. The molecule has 0 atom stereocenters. The Bertz CT molecular complexity index is 843. The Morgan fingerprint density at radius 2 is 1.83 bits per heavy atom. The monoisotopic (exact) mass is 334 g/mol. The van der Waals surface area contributed by atoms with Crippen LogP contribution in [0.5, 0.6) is 11.5 Å². The van der Waals surface area contributed by atoms with E-state index in [1.165, 1.54) is 11.8 Å². The summed E-state index contributed by atoms with van der Waals surface area (Å²) in [7, 11) is 0. The zero-order valence-electron chi connectivity index (χ0n) is 11.9. The van der Waals surface area contributed by atoms with Gasteiger partial charge in [0, 0.05) is 17.9 Å². The smallest absolute Gasteiger partial charge is 0.166 e. The van der Waals surface area contributed by atoms with Crippen molar-refractivity contribution >= 4 is 22.8 Å². The minimum atomic E-state index is -0.896. The molecule has 1 aliphatic heterocycles. The van der Waals surface area contributed by atoms with Gasteiger partial charge in [0.25, 0.3) is 0 Å². The van der Waals surface area contributed by atoms with Gasteiger partial charge in [-0.25, -0.2) is 13.8 Å². The third kappa shape index (κ3) is 2.84. The lowest BCUT2D eigenvalue weighted by Crippen LogP contribution is -2.15. The molecule has 7 heteroatoms. The van der Waals surface area contributed by atoms with Crippen LogP contribution in [0.3, 0.4) is 0 Å². The number of benzene rings is 2. The van der Waals surface area contributed by atoms with Crippen molar-refractivity contribution in [2.24, 2.45) is 0 Å². The van der Waals surface area contributed by atoms with Crippen molar-refractivity contribution in [3.8, 4) is 11.5 Å². The Morgan fingerprint density at radius 1 is 1.04 bits per heavy atom. The molecule has 0 saturated carbocycles. The highest BCUT2D eigenvalue weighted by atomic mass is 32.2. The van der Waals surface area contributed by atoms with Crippen molar-refractivity contribution in [3.05, 3.63) is 47.5 Å². The lowest BCUT2D eigenvalue weighted by atomic mass is 10.2. The van der Waals surface area contributed by atoms with Gasteiger partial charge < -0.3 is 14.5 Å². The number of nitrogens with zero attached hydrogens (tertiary/aromatic N) is 1. The number of hydrogen-bond donors (Lipinski definition) is 1. The summed E-state index contributed by atoms with van der Waals surface area (Å²) in [4.78, 5) is 7.25. The Hall–Kier alpha value is -2.28. The first kappa shape index (κ1) is 14.3. The second-order valence-electron chi connectivity index (χ2n) is 5.09. The average Bonchev–Trinajstić information content (AvgIpc) is 2.95. The molecule has 0 amide bonds. The van der Waals surface area contributed by atoms with E-state index in [0.29, 0.717) is 35.2 Å². The number of aromatic nitrogens is 2. The first-order valence-corrected chi connectivity index (χ1v) is 8.04. The summed E-state index contributed by atoms with van der Waals surface area (Å²) in [5.41, 5.74) is 1.94. The molecule has 0 fully saturated rings. The van der Waals surface area contributed by atoms with E-state index in [2.05, 4.69) is 9.97 Å². The Labute approximate surface area is 134 Å². The minimum absolute atomic E-state index is 0.411. The van der Waals surface area contributed by atoms with Gasteiger partial charge in [0.15, 0.2) is 28.3 Å². The van der Waals surface area contributed by atoms with E-state index in [1.54, 1.807) is 0 Å². The number of imidazole rings is 1. The van der Waals surface area contributed by atoms with Crippen LogP contribution in [0.1, 0.15) is 5.56 Å². The molecule has 0 saturated heterocycles. The highest BCUT2D eigenvalue weighted by Gasteiger charge is 2.13. The second kappa shape index (κ2) is 5.73. The molecule has 3 aromatic rings. The van der Waals surface area contributed by atoms with Gasteiger partial charge in [-0.2, -0.15) is 0 Å². The zero-order chi connectivity index (χ0) is 15.8. The van der Waals surface area contributed by atoms with E-state index in [0.717, 1.165) is 29.2 Å². The quantitative estimate of drug-likeness (QED) is 0.738. The van der Waals surface area contributed by atoms with Crippen molar-refractivity contribution in [3.63, 3.8) is 0 Å². The highest BCUT2D eigenvalue weighted by molar-refractivity contribution is 7.98. The maximum absolute atomic E-state index is 13.2. The number of hydrogen-bond acceptors (Lipinski definition) is 4. The van der Waals surface area contributed by atoms with Crippen molar-refractivity contribution in [1.82, 2.24) is 9.97 Å². The van der Waals surface area contributed by atoms with E-state index in [-0.39, 0.29) is 0 Å². The van der Waals surface area contributed by atoms with Gasteiger partial charge in [-0.05, 0) is 17.7 Å². The molecule has 1 aromatic heterocycles. The van der Waals surface area contributed by atoms with E-state index >= 15 is 0 Å². The molecule has 0 radical (unpaired) electrons. The van der Waals surface area contributed by atoms with E-state index < -0.39 is 11.6 Å². The second-order valence-corrected chi connectivity index (χ2v) is 6.06. The molecule has 1 aliphatic rings. The van der Waals surface area contributed by atoms with Gasteiger partial charge >= 0.3 is 0 Å². The van der Waals surface area contributed by atoms with Gasteiger partial charge in [0.05, 0.1) is 11.0 Å². The van der Waals surface area contributed by atoms with E-state index in [4.69, 9.17) is 9.47 Å². The molecule has 1 N–H and O–H groups in total. The number of aromatic amines is 1. The molecule has 0 aliphatic carbocycles. The maximum Gasteiger partial charge on any atom is 0.166 e. The molecule has 2 heterocycles. The zero-order valence-corrected chi connectivity index (χ0v) is 12.8. The Balaban J connectivity index is 1.52. The summed E-state index contributed by atoms with van der Waals surface area (Å²) in [6.07, 6.45) is 0. The van der Waals surface area contributed by atoms with Crippen LogP contribution in [-0.2, 0) is 5.75 Å². The van der Waals surface area contributed by atoms with Crippen molar-refractivity contribution in [2.75, 3.05) is 13.2 Å². The van der Waals surface area contributed by atoms with Gasteiger partial charge in [-0.3, -0.25) is 0 Å². The van der Waals surface area contributed by atoms with Crippen molar-refractivity contribution < 1.29 is 18.3 Å². The fraction of sp³-hybridized carbons (Fsp3) is 0.188. The van der Waals surface area contributed by atoms with Gasteiger partial charge in [-0.1, -0.05) is 17.8 Å². The molecule has 2 aromatic carbocycles. The number of nitrogens with one attached hydrogen (secondary N) is 1. The third-order valence-electron chi connectivity index (χ3n) is 3.48. The average molecular weight is 334 g/mol. The van der Waals surface area contributed by atoms with Crippen LogP contribution in [0, 0.1) is 11.6 Å².